The molecule has 0 aromatic carbocycles. The van der Waals surface area contributed by atoms with E-state index in [1.165, 1.54) is 6.26 Å². The van der Waals surface area contributed by atoms with Gasteiger partial charge in [0, 0.05) is 13.2 Å². The van der Waals surface area contributed by atoms with Gasteiger partial charge in [-0.3, -0.25) is 9.48 Å². The number of aryl methyl sites for hydroxylation is 1. The Morgan fingerprint density at radius 3 is 3.00 bits per heavy atom. The lowest BCUT2D eigenvalue weighted by Crippen LogP contribution is -2.03. The first-order valence-corrected chi connectivity index (χ1v) is 4.31. The maximum Gasteiger partial charge on any atom is 0.203 e. The van der Waals surface area contributed by atoms with E-state index >= 15 is 0 Å². The number of nitrogens with zero attached hydrogens (tertiary/aromatic N) is 2. The van der Waals surface area contributed by atoms with E-state index in [0.29, 0.717) is 5.76 Å². The number of Topliss-reactive ketones (excluding diaryl/α,β-unsaturated/α-hetero) is 1. The van der Waals surface area contributed by atoms with E-state index in [0.717, 1.165) is 5.69 Å². The molecule has 2 aromatic heterocycles. The van der Waals surface area contributed by atoms with Crippen LogP contribution in [0.4, 0.5) is 0 Å². The molecule has 0 bridgehead atoms. The molecule has 14 heavy (non-hydrogen) atoms. The lowest BCUT2D eigenvalue weighted by atomic mass is 10.2. The molecule has 0 fully saturated rings. The summed E-state index contributed by atoms with van der Waals surface area (Å²) in [6, 6.07) is 5.18. The molecule has 0 amide bonds. The number of carbonyl (C=O) groups is 1. The van der Waals surface area contributed by atoms with Crippen LogP contribution in [0, 0.1) is 0 Å². The fraction of sp³-hybridized carbons (Fsp3) is 0.200. The van der Waals surface area contributed by atoms with E-state index in [1.807, 2.05) is 19.3 Å². The second-order valence-corrected chi connectivity index (χ2v) is 3.06. The molecule has 0 saturated carbocycles. The smallest absolute Gasteiger partial charge is 0.203 e. The molecule has 0 N–H and O–H groups in total. The fourth-order valence-corrected chi connectivity index (χ4v) is 1.25. The van der Waals surface area contributed by atoms with Crippen LogP contribution < -0.4 is 0 Å². The molecule has 0 radical (unpaired) electrons. The van der Waals surface area contributed by atoms with Gasteiger partial charge >= 0.3 is 0 Å². The average molecular weight is 190 g/mol. The topological polar surface area (TPSA) is 48.0 Å². The van der Waals surface area contributed by atoms with Crippen LogP contribution in [0.1, 0.15) is 16.2 Å². The van der Waals surface area contributed by atoms with Gasteiger partial charge in [0.25, 0.3) is 0 Å². The Labute approximate surface area is 81.1 Å². The average Bonchev–Trinajstić information content (AvgIpc) is 2.75. The summed E-state index contributed by atoms with van der Waals surface area (Å²) >= 11 is 0. The Kier molecular flexibility index (Phi) is 2.18. The monoisotopic (exact) mass is 190 g/mol. The highest BCUT2D eigenvalue weighted by molar-refractivity contribution is 5.94. The van der Waals surface area contributed by atoms with E-state index in [9.17, 15) is 4.79 Å². The molecule has 0 saturated heterocycles. The largest absolute Gasteiger partial charge is 0.461 e. The van der Waals surface area contributed by atoms with Crippen LogP contribution in [0.25, 0.3) is 0 Å². The number of hydrogen-bond acceptors (Lipinski definition) is 3. The minimum Gasteiger partial charge on any atom is -0.461 e. The number of furan rings is 1. The Bertz CT molecular complexity index is 429. The summed E-state index contributed by atoms with van der Waals surface area (Å²) in [6.07, 6.45) is 3.59. The molecule has 0 unspecified atom stereocenters. The minimum absolute atomic E-state index is 0.0475. The van der Waals surface area contributed by atoms with Crippen LogP contribution in [0.2, 0.25) is 0 Å². The van der Waals surface area contributed by atoms with Gasteiger partial charge < -0.3 is 4.42 Å². The Morgan fingerprint density at radius 2 is 2.43 bits per heavy atom. The van der Waals surface area contributed by atoms with Gasteiger partial charge in [-0.2, -0.15) is 5.10 Å². The van der Waals surface area contributed by atoms with E-state index in [-0.39, 0.29) is 12.2 Å². The maximum absolute atomic E-state index is 11.5. The van der Waals surface area contributed by atoms with Crippen molar-refractivity contribution in [2.45, 2.75) is 6.42 Å². The molecule has 2 aromatic rings. The number of ketones is 1. The summed E-state index contributed by atoms with van der Waals surface area (Å²) in [4.78, 5) is 11.5. The maximum atomic E-state index is 11.5. The molecular formula is C10H10N2O2. The first-order chi connectivity index (χ1) is 6.75. The lowest BCUT2D eigenvalue weighted by Gasteiger charge is -1.92. The zero-order valence-corrected chi connectivity index (χ0v) is 7.80. The number of aromatic nitrogens is 2. The van der Waals surface area contributed by atoms with Gasteiger partial charge in [0.05, 0.1) is 18.4 Å². The highest BCUT2D eigenvalue weighted by atomic mass is 16.3. The molecule has 4 nitrogen and oxygen atoms in total. The van der Waals surface area contributed by atoms with Crippen LogP contribution >= 0.6 is 0 Å². The molecule has 0 aliphatic carbocycles. The first-order valence-electron chi connectivity index (χ1n) is 4.31. The predicted molar refractivity (Wildman–Crippen MR) is 50.0 cm³/mol. The molecule has 0 aliphatic rings. The first kappa shape index (κ1) is 8.74. The molecule has 0 spiro atoms. The summed E-state index contributed by atoms with van der Waals surface area (Å²) in [6.45, 7) is 0. The van der Waals surface area contributed by atoms with E-state index in [2.05, 4.69) is 5.10 Å². The van der Waals surface area contributed by atoms with Crippen molar-refractivity contribution in [2.24, 2.45) is 7.05 Å². The standard InChI is InChI=1S/C10H10N2O2/c1-12-5-4-8(11-12)7-9(13)10-3-2-6-14-10/h2-6H,7H2,1H3. The Hall–Kier alpha value is -1.84. The van der Waals surface area contributed by atoms with Gasteiger partial charge in [0.15, 0.2) is 5.76 Å². The lowest BCUT2D eigenvalue weighted by molar-refractivity contribution is 0.0965. The number of rotatable bonds is 3. The summed E-state index contributed by atoms with van der Waals surface area (Å²) in [5, 5.41) is 4.11. The second kappa shape index (κ2) is 3.49. The molecule has 2 heterocycles. The second-order valence-electron chi connectivity index (χ2n) is 3.06. The van der Waals surface area contributed by atoms with E-state index in [1.54, 1.807) is 16.8 Å². The van der Waals surface area contributed by atoms with Gasteiger partial charge in [0.2, 0.25) is 5.78 Å². The molecule has 0 atom stereocenters. The molecule has 4 heteroatoms. The van der Waals surface area contributed by atoms with E-state index < -0.39 is 0 Å². The zero-order chi connectivity index (χ0) is 9.97. The van der Waals surface area contributed by atoms with Crippen LogP contribution in [-0.4, -0.2) is 15.6 Å². The van der Waals surface area contributed by atoms with Crippen molar-refractivity contribution >= 4 is 5.78 Å². The van der Waals surface area contributed by atoms with Crippen LogP contribution in [-0.2, 0) is 13.5 Å². The van der Waals surface area contributed by atoms with Gasteiger partial charge in [0.1, 0.15) is 0 Å². The number of carbonyl (C=O) groups excluding carboxylic acids is 1. The Morgan fingerprint density at radius 1 is 1.57 bits per heavy atom. The fourth-order valence-electron chi connectivity index (χ4n) is 1.25. The molecular weight excluding hydrogens is 180 g/mol. The summed E-state index contributed by atoms with van der Waals surface area (Å²) in [5.41, 5.74) is 0.758. The predicted octanol–water partition coefficient (Wildman–Crippen LogP) is 1.44. The Balaban J connectivity index is 2.09. The van der Waals surface area contributed by atoms with Crippen molar-refractivity contribution in [1.82, 2.24) is 9.78 Å². The molecule has 72 valence electrons. The third-order valence-corrected chi connectivity index (χ3v) is 1.91. The van der Waals surface area contributed by atoms with Crippen LogP contribution in [0.3, 0.4) is 0 Å². The normalized spacial score (nSPS) is 10.4. The van der Waals surface area contributed by atoms with Crippen molar-refractivity contribution < 1.29 is 9.21 Å². The van der Waals surface area contributed by atoms with Gasteiger partial charge in [-0.15, -0.1) is 0 Å². The third kappa shape index (κ3) is 1.74. The van der Waals surface area contributed by atoms with Crippen molar-refractivity contribution in [3.63, 3.8) is 0 Å². The summed E-state index contributed by atoms with van der Waals surface area (Å²) < 4.78 is 6.66. The van der Waals surface area contributed by atoms with E-state index in [4.69, 9.17) is 4.42 Å². The van der Waals surface area contributed by atoms with Crippen molar-refractivity contribution in [1.29, 1.82) is 0 Å². The third-order valence-electron chi connectivity index (χ3n) is 1.91. The van der Waals surface area contributed by atoms with Gasteiger partial charge in [-0.25, -0.2) is 0 Å². The highest BCUT2D eigenvalue weighted by Crippen LogP contribution is 2.05. The summed E-state index contributed by atoms with van der Waals surface area (Å²) in [7, 11) is 1.82. The van der Waals surface area contributed by atoms with Crippen molar-refractivity contribution in [3.8, 4) is 0 Å². The molecule has 2 rings (SSSR count). The SMILES string of the molecule is Cn1ccc(CC(=O)c2ccco2)n1. The summed E-state index contributed by atoms with van der Waals surface area (Å²) in [5.74, 6) is 0.337. The van der Waals surface area contributed by atoms with Crippen molar-refractivity contribution in [2.75, 3.05) is 0 Å². The van der Waals surface area contributed by atoms with Crippen LogP contribution in [0.5, 0.6) is 0 Å². The quantitative estimate of drug-likeness (QED) is 0.688. The highest BCUT2D eigenvalue weighted by Gasteiger charge is 2.10. The number of hydrogen-bond donors (Lipinski definition) is 0. The van der Waals surface area contributed by atoms with Gasteiger partial charge in [-0.1, -0.05) is 0 Å². The van der Waals surface area contributed by atoms with Gasteiger partial charge in [-0.05, 0) is 18.2 Å². The van der Waals surface area contributed by atoms with Crippen molar-refractivity contribution in [3.05, 3.63) is 42.1 Å². The minimum atomic E-state index is -0.0475. The zero-order valence-electron chi connectivity index (χ0n) is 7.80. The van der Waals surface area contributed by atoms with Crippen LogP contribution in [0.15, 0.2) is 35.1 Å². The molecule has 0 aliphatic heterocycles.